The third-order valence-electron chi connectivity index (χ3n) is 0.771. The highest BCUT2D eigenvalue weighted by Crippen LogP contribution is 1.90. The largest absolute Gasteiger partial charge is 0.388 e. The lowest BCUT2D eigenvalue weighted by Gasteiger charge is -1.93. The summed E-state index contributed by atoms with van der Waals surface area (Å²) in [6.07, 6.45) is 0. The van der Waals surface area contributed by atoms with Crippen LogP contribution < -0.4 is 10.9 Å². The minimum atomic E-state index is -0.0774. The third kappa shape index (κ3) is 0.788. The lowest BCUT2D eigenvalue weighted by molar-refractivity contribution is 0.353. The Morgan fingerprint density at radius 3 is 2.62 bits per heavy atom. The average Bonchev–Trinajstić information content (AvgIpc) is 2.14. The number of aliphatic hydroxyl groups is 1. The van der Waals surface area contributed by atoms with Gasteiger partial charge in [-0.25, -0.2) is 4.99 Å². The van der Waals surface area contributed by atoms with Crippen molar-refractivity contribution in [2.75, 3.05) is 6.61 Å². The van der Waals surface area contributed by atoms with Gasteiger partial charge in [-0.05, 0) is 0 Å². The molecule has 44 valence electrons. The molecule has 1 heterocycles. The van der Waals surface area contributed by atoms with Gasteiger partial charge in [0.15, 0.2) is 0 Å². The molecular weight excluding hydrogens is 106 g/mol. The summed E-state index contributed by atoms with van der Waals surface area (Å²) >= 11 is 0. The van der Waals surface area contributed by atoms with Gasteiger partial charge in [0.25, 0.3) is 0 Å². The number of amidine groups is 1. The molecule has 0 fully saturated rings. The minimum Gasteiger partial charge on any atom is -0.388 e. The molecule has 1 aliphatic heterocycles. The lowest BCUT2D eigenvalue weighted by atomic mass is 10.7. The van der Waals surface area contributed by atoms with Gasteiger partial charge < -0.3 is 5.11 Å². The molecule has 4 nitrogen and oxygen atoms in total. The molecule has 1 rings (SSSR count). The molecule has 0 bridgehead atoms. The first-order valence-corrected chi connectivity index (χ1v) is 2.22. The predicted molar refractivity (Wildman–Crippen MR) is 29.9 cm³/mol. The normalized spacial score (nSPS) is 17.1. The Balaban J connectivity index is 2.57. The van der Waals surface area contributed by atoms with Crippen LogP contribution in [0.4, 0.5) is 0 Å². The monoisotopic (exact) mass is 113 g/mol. The second-order valence-electron chi connectivity index (χ2n) is 1.41. The molecule has 8 heavy (non-hydrogen) atoms. The van der Waals surface area contributed by atoms with Gasteiger partial charge >= 0.3 is 0 Å². The van der Waals surface area contributed by atoms with Crippen LogP contribution in [0.25, 0.3) is 0 Å². The number of hydrogen-bond acceptors (Lipinski definition) is 4. The number of nitrogens with zero attached hydrogens (tertiary/aromatic N) is 1. The smallest absolute Gasteiger partial charge is 0.148 e. The van der Waals surface area contributed by atoms with Gasteiger partial charge in [0.1, 0.15) is 18.3 Å². The zero-order chi connectivity index (χ0) is 5.98. The Labute approximate surface area is 46.9 Å². The van der Waals surface area contributed by atoms with E-state index in [2.05, 4.69) is 22.4 Å². The summed E-state index contributed by atoms with van der Waals surface area (Å²) in [7, 11) is 0. The van der Waals surface area contributed by atoms with Crippen molar-refractivity contribution >= 4 is 5.84 Å². The Bertz CT molecular complexity index is 140. The highest BCUT2D eigenvalue weighted by Gasteiger charge is 2.03. The van der Waals surface area contributed by atoms with Gasteiger partial charge in [0, 0.05) is 0 Å². The molecule has 0 radical (unpaired) electrons. The van der Waals surface area contributed by atoms with Crippen LogP contribution >= 0.6 is 0 Å². The zero-order valence-corrected chi connectivity index (χ0v) is 4.31. The van der Waals surface area contributed by atoms with E-state index >= 15 is 0 Å². The Hall–Kier alpha value is -1.03. The van der Waals surface area contributed by atoms with Gasteiger partial charge in [-0.1, -0.05) is 6.58 Å². The number of rotatable bonds is 1. The van der Waals surface area contributed by atoms with Crippen LogP contribution in [0, 0.1) is 0 Å². The molecule has 0 aromatic rings. The summed E-state index contributed by atoms with van der Waals surface area (Å²) in [6.45, 7) is 3.40. The van der Waals surface area contributed by atoms with Crippen molar-refractivity contribution in [1.82, 2.24) is 10.9 Å². The number of hydrazine groups is 1. The maximum atomic E-state index is 8.41. The second-order valence-corrected chi connectivity index (χ2v) is 1.41. The lowest BCUT2D eigenvalue weighted by Crippen LogP contribution is -2.30. The zero-order valence-electron chi connectivity index (χ0n) is 4.31. The van der Waals surface area contributed by atoms with Crippen molar-refractivity contribution < 1.29 is 5.11 Å². The number of nitrogens with one attached hydrogen (secondary N) is 2. The van der Waals surface area contributed by atoms with Crippen LogP contribution in [0.3, 0.4) is 0 Å². The van der Waals surface area contributed by atoms with Gasteiger partial charge in [-0.15, -0.1) is 0 Å². The molecule has 0 unspecified atom stereocenters. The topological polar surface area (TPSA) is 56.7 Å². The van der Waals surface area contributed by atoms with E-state index in [1.54, 1.807) is 0 Å². The first-order chi connectivity index (χ1) is 3.83. The second kappa shape index (κ2) is 1.83. The molecule has 3 N–H and O–H groups in total. The Morgan fingerprint density at radius 1 is 1.62 bits per heavy atom. The molecule has 1 aliphatic rings. The van der Waals surface area contributed by atoms with E-state index < -0.39 is 0 Å². The van der Waals surface area contributed by atoms with E-state index in [0.29, 0.717) is 11.7 Å². The first kappa shape index (κ1) is 5.11. The fourth-order valence-electron chi connectivity index (χ4n) is 0.438. The van der Waals surface area contributed by atoms with E-state index in [4.69, 9.17) is 5.11 Å². The Morgan fingerprint density at radius 2 is 2.38 bits per heavy atom. The van der Waals surface area contributed by atoms with E-state index in [0.717, 1.165) is 0 Å². The molecule has 0 aliphatic carbocycles. The van der Waals surface area contributed by atoms with Gasteiger partial charge in [-0.2, -0.15) is 0 Å². The van der Waals surface area contributed by atoms with Crippen molar-refractivity contribution in [3.05, 3.63) is 12.4 Å². The molecule has 0 amide bonds. The van der Waals surface area contributed by atoms with Crippen molar-refractivity contribution in [3.63, 3.8) is 0 Å². The molecule has 0 atom stereocenters. The van der Waals surface area contributed by atoms with Gasteiger partial charge in [0.05, 0.1) is 0 Å². The van der Waals surface area contributed by atoms with E-state index in [9.17, 15) is 0 Å². The number of aliphatic hydroxyl groups excluding tert-OH is 1. The third-order valence-corrected chi connectivity index (χ3v) is 0.771. The summed E-state index contributed by atoms with van der Waals surface area (Å²) in [4.78, 5) is 3.76. The highest BCUT2D eigenvalue weighted by molar-refractivity contribution is 5.85. The highest BCUT2D eigenvalue weighted by atomic mass is 16.3. The Kier molecular flexibility index (Phi) is 1.17. The van der Waals surface area contributed by atoms with Crippen molar-refractivity contribution in [1.29, 1.82) is 0 Å². The molecule has 0 spiro atoms. The van der Waals surface area contributed by atoms with Crippen LogP contribution in [-0.4, -0.2) is 17.5 Å². The molecule has 0 aromatic heterocycles. The van der Waals surface area contributed by atoms with Crippen LogP contribution in [0.2, 0.25) is 0 Å². The van der Waals surface area contributed by atoms with Crippen LogP contribution in [0.5, 0.6) is 0 Å². The quantitative estimate of drug-likeness (QED) is 0.407. The summed E-state index contributed by atoms with van der Waals surface area (Å²) in [6, 6.07) is 0. The standard InChI is InChI=1S/C4H7N3O/c1-3-5-4(2-8)7-6-3/h6,8H,1-2H2,(H,5,7). The molecule has 0 aromatic carbocycles. The molecule has 4 heteroatoms. The van der Waals surface area contributed by atoms with Crippen molar-refractivity contribution in [3.8, 4) is 0 Å². The van der Waals surface area contributed by atoms with E-state index in [1.165, 1.54) is 0 Å². The number of aliphatic imine (C=N–C) groups is 1. The molecular formula is C4H7N3O. The number of hydrogen-bond donors (Lipinski definition) is 3. The summed E-state index contributed by atoms with van der Waals surface area (Å²) in [5.41, 5.74) is 5.22. The molecule has 0 saturated heterocycles. The summed E-state index contributed by atoms with van der Waals surface area (Å²) in [5, 5.41) is 8.41. The van der Waals surface area contributed by atoms with Crippen molar-refractivity contribution in [2.45, 2.75) is 0 Å². The van der Waals surface area contributed by atoms with E-state index in [1.807, 2.05) is 0 Å². The van der Waals surface area contributed by atoms with Crippen LogP contribution in [-0.2, 0) is 0 Å². The molecule has 0 saturated carbocycles. The minimum absolute atomic E-state index is 0.0774. The maximum absolute atomic E-state index is 8.41. The van der Waals surface area contributed by atoms with Crippen LogP contribution in [0.1, 0.15) is 0 Å². The average molecular weight is 113 g/mol. The van der Waals surface area contributed by atoms with E-state index in [-0.39, 0.29) is 6.61 Å². The van der Waals surface area contributed by atoms with Crippen molar-refractivity contribution in [2.24, 2.45) is 4.99 Å². The van der Waals surface area contributed by atoms with Crippen LogP contribution in [0.15, 0.2) is 17.4 Å². The first-order valence-electron chi connectivity index (χ1n) is 2.22. The van der Waals surface area contributed by atoms with Gasteiger partial charge in [-0.3, -0.25) is 10.9 Å². The summed E-state index contributed by atoms with van der Waals surface area (Å²) < 4.78 is 0. The summed E-state index contributed by atoms with van der Waals surface area (Å²) in [5.74, 6) is 1.05. The van der Waals surface area contributed by atoms with Gasteiger partial charge in [0.2, 0.25) is 0 Å². The predicted octanol–water partition coefficient (Wildman–Crippen LogP) is -1.04. The SMILES string of the molecule is C=C1N=C(CO)NN1. The fourth-order valence-corrected chi connectivity index (χ4v) is 0.438. The fraction of sp³-hybridized carbons (Fsp3) is 0.250. The maximum Gasteiger partial charge on any atom is 0.148 e.